The maximum Gasteiger partial charge on any atom is 0.246 e. The van der Waals surface area contributed by atoms with Crippen LogP contribution in [-0.2, 0) is 16.1 Å². The highest BCUT2D eigenvalue weighted by Gasteiger charge is 2.22. The summed E-state index contributed by atoms with van der Waals surface area (Å²) in [6.07, 6.45) is 0.0816. The first-order valence-electron chi connectivity index (χ1n) is 6.43. The fourth-order valence-electron chi connectivity index (χ4n) is 2.08. The molecule has 0 N–H and O–H groups in total. The number of aromatic nitrogens is 4. The second-order valence-electron chi connectivity index (χ2n) is 4.64. The third-order valence-electron chi connectivity index (χ3n) is 3.06. The molecule has 1 atom stereocenters. The van der Waals surface area contributed by atoms with E-state index in [-0.39, 0.29) is 18.6 Å². The molecule has 3 rings (SSSR count). The maximum atomic E-state index is 12.2. The fraction of sp³-hybridized carbons (Fsp3) is 0.500. The number of rotatable bonds is 3. The Kier molecular flexibility index (Phi) is 3.75. The molecule has 7 nitrogen and oxygen atoms in total. The molecule has 106 valence electrons. The van der Waals surface area contributed by atoms with Gasteiger partial charge in [0, 0.05) is 13.1 Å². The molecule has 0 spiro atoms. The minimum Gasteiger partial charge on any atom is -0.375 e. The number of thiophene rings is 1. The van der Waals surface area contributed by atoms with E-state index in [2.05, 4.69) is 15.4 Å². The quantitative estimate of drug-likeness (QED) is 0.830. The number of carbonyl (C=O) groups is 1. The van der Waals surface area contributed by atoms with Crippen LogP contribution >= 0.6 is 11.3 Å². The second-order valence-corrected chi connectivity index (χ2v) is 5.59. The van der Waals surface area contributed by atoms with Gasteiger partial charge in [-0.25, -0.2) is 0 Å². The Hall–Kier alpha value is -1.80. The number of tetrazole rings is 1. The van der Waals surface area contributed by atoms with Crippen molar-refractivity contribution in [1.82, 2.24) is 25.1 Å². The molecule has 1 aliphatic heterocycles. The van der Waals surface area contributed by atoms with Gasteiger partial charge in [0.1, 0.15) is 6.54 Å². The summed E-state index contributed by atoms with van der Waals surface area (Å²) < 4.78 is 5.42. The number of ether oxygens (including phenoxy) is 1. The fourth-order valence-corrected chi connectivity index (χ4v) is 2.73. The molecule has 0 bridgehead atoms. The molecule has 8 heteroatoms. The number of hydrogen-bond acceptors (Lipinski definition) is 6. The lowest BCUT2D eigenvalue weighted by Gasteiger charge is -2.30. The predicted molar refractivity (Wildman–Crippen MR) is 73.1 cm³/mol. The van der Waals surface area contributed by atoms with Gasteiger partial charge in [0.15, 0.2) is 0 Å². The number of carbonyl (C=O) groups excluding carboxylic acids is 1. The van der Waals surface area contributed by atoms with Crippen molar-refractivity contribution < 1.29 is 9.53 Å². The highest BCUT2D eigenvalue weighted by atomic mass is 32.1. The molecule has 2 aromatic rings. The molecular weight excluding hydrogens is 278 g/mol. The topological polar surface area (TPSA) is 73.1 Å². The van der Waals surface area contributed by atoms with Crippen molar-refractivity contribution in [1.29, 1.82) is 0 Å². The first-order valence-corrected chi connectivity index (χ1v) is 7.31. The molecular formula is C12H15N5O2S. The van der Waals surface area contributed by atoms with Crippen LogP contribution in [0.1, 0.15) is 6.92 Å². The maximum absolute atomic E-state index is 12.2. The summed E-state index contributed by atoms with van der Waals surface area (Å²) in [7, 11) is 0. The summed E-state index contributed by atoms with van der Waals surface area (Å²) in [6, 6.07) is 3.86. The van der Waals surface area contributed by atoms with E-state index in [9.17, 15) is 4.79 Å². The Labute approximate surface area is 120 Å². The molecule has 0 aliphatic carbocycles. The van der Waals surface area contributed by atoms with Crippen LogP contribution < -0.4 is 0 Å². The highest BCUT2D eigenvalue weighted by Crippen LogP contribution is 2.19. The Morgan fingerprint density at radius 2 is 2.50 bits per heavy atom. The van der Waals surface area contributed by atoms with E-state index in [4.69, 9.17) is 4.74 Å². The molecule has 1 unspecified atom stereocenters. The first-order chi connectivity index (χ1) is 9.72. The normalized spacial score (nSPS) is 19.2. The summed E-state index contributed by atoms with van der Waals surface area (Å²) in [6.45, 7) is 3.90. The highest BCUT2D eigenvalue weighted by molar-refractivity contribution is 7.13. The van der Waals surface area contributed by atoms with Crippen LogP contribution in [-0.4, -0.2) is 56.8 Å². The van der Waals surface area contributed by atoms with Crippen LogP contribution in [0.25, 0.3) is 10.7 Å². The minimum atomic E-state index is -0.00437. The Morgan fingerprint density at radius 1 is 1.60 bits per heavy atom. The zero-order valence-corrected chi connectivity index (χ0v) is 11.9. The van der Waals surface area contributed by atoms with Crippen LogP contribution in [0.15, 0.2) is 17.5 Å². The van der Waals surface area contributed by atoms with E-state index in [1.54, 1.807) is 16.2 Å². The summed E-state index contributed by atoms with van der Waals surface area (Å²) >= 11 is 1.55. The number of nitrogens with zero attached hydrogens (tertiary/aromatic N) is 5. The molecule has 1 fully saturated rings. The summed E-state index contributed by atoms with van der Waals surface area (Å²) in [5.41, 5.74) is 0. The third kappa shape index (κ3) is 2.86. The molecule has 0 aromatic carbocycles. The van der Waals surface area contributed by atoms with Gasteiger partial charge >= 0.3 is 0 Å². The molecule has 2 aromatic heterocycles. The lowest BCUT2D eigenvalue weighted by molar-refractivity contribution is -0.139. The van der Waals surface area contributed by atoms with Crippen molar-refractivity contribution in [2.24, 2.45) is 0 Å². The largest absolute Gasteiger partial charge is 0.375 e. The lowest BCUT2D eigenvalue weighted by atomic mass is 10.3. The van der Waals surface area contributed by atoms with Crippen molar-refractivity contribution in [2.75, 3.05) is 19.7 Å². The van der Waals surface area contributed by atoms with Crippen molar-refractivity contribution in [3.8, 4) is 10.7 Å². The van der Waals surface area contributed by atoms with Crippen LogP contribution in [0, 0.1) is 0 Å². The molecule has 0 saturated carbocycles. The molecule has 3 heterocycles. The zero-order valence-electron chi connectivity index (χ0n) is 11.1. The Balaban J connectivity index is 1.64. The SMILES string of the molecule is CC1CN(C(=O)Cn2nnc(-c3cccs3)n2)CCO1. The van der Waals surface area contributed by atoms with Crippen LogP contribution in [0.2, 0.25) is 0 Å². The van der Waals surface area contributed by atoms with Gasteiger partial charge in [0.2, 0.25) is 11.7 Å². The average Bonchev–Trinajstić information content (AvgIpc) is 3.08. The summed E-state index contributed by atoms with van der Waals surface area (Å²) in [5.74, 6) is 0.554. The molecule has 1 saturated heterocycles. The van der Waals surface area contributed by atoms with Crippen LogP contribution in [0.3, 0.4) is 0 Å². The van der Waals surface area contributed by atoms with Gasteiger partial charge in [0.05, 0.1) is 17.6 Å². The average molecular weight is 293 g/mol. The van der Waals surface area contributed by atoms with Crippen molar-refractivity contribution in [3.63, 3.8) is 0 Å². The zero-order chi connectivity index (χ0) is 13.9. The Morgan fingerprint density at radius 3 is 3.25 bits per heavy atom. The van der Waals surface area contributed by atoms with Gasteiger partial charge in [-0.3, -0.25) is 4.79 Å². The van der Waals surface area contributed by atoms with Gasteiger partial charge < -0.3 is 9.64 Å². The van der Waals surface area contributed by atoms with Crippen LogP contribution in [0.5, 0.6) is 0 Å². The van der Waals surface area contributed by atoms with Crippen molar-refractivity contribution >= 4 is 17.2 Å². The molecule has 1 amide bonds. The van der Waals surface area contributed by atoms with E-state index in [1.807, 2.05) is 24.4 Å². The van der Waals surface area contributed by atoms with E-state index in [0.717, 1.165) is 4.88 Å². The molecule has 0 radical (unpaired) electrons. The van der Waals surface area contributed by atoms with Gasteiger partial charge in [-0.05, 0) is 23.6 Å². The van der Waals surface area contributed by atoms with Gasteiger partial charge in [0.25, 0.3) is 0 Å². The van der Waals surface area contributed by atoms with Gasteiger partial charge in [-0.15, -0.1) is 21.5 Å². The summed E-state index contributed by atoms with van der Waals surface area (Å²) in [5, 5.41) is 14.1. The predicted octanol–water partition coefficient (Wildman–Crippen LogP) is 0.649. The van der Waals surface area contributed by atoms with E-state index in [1.165, 1.54) is 4.80 Å². The van der Waals surface area contributed by atoms with Crippen molar-refractivity contribution in [3.05, 3.63) is 17.5 Å². The van der Waals surface area contributed by atoms with E-state index < -0.39 is 0 Å². The number of amides is 1. The van der Waals surface area contributed by atoms with Crippen LogP contribution in [0.4, 0.5) is 0 Å². The number of morpholine rings is 1. The van der Waals surface area contributed by atoms with E-state index in [0.29, 0.717) is 25.5 Å². The number of hydrogen-bond donors (Lipinski definition) is 0. The van der Waals surface area contributed by atoms with Gasteiger partial charge in [-0.2, -0.15) is 4.80 Å². The second kappa shape index (κ2) is 5.68. The summed E-state index contributed by atoms with van der Waals surface area (Å²) in [4.78, 5) is 16.2. The first kappa shape index (κ1) is 13.2. The van der Waals surface area contributed by atoms with Crippen molar-refractivity contribution in [2.45, 2.75) is 19.6 Å². The smallest absolute Gasteiger partial charge is 0.246 e. The minimum absolute atomic E-state index is 0.00437. The third-order valence-corrected chi connectivity index (χ3v) is 3.93. The van der Waals surface area contributed by atoms with E-state index >= 15 is 0 Å². The Bertz CT molecular complexity index is 582. The standard InChI is InChI=1S/C12H15N5O2S/c1-9-7-16(4-5-19-9)11(18)8-17-14-12(13-15-17)10-3-2-6-20-10/h2-3,6,9H,4-5,7-8H2,1H3. The monoisotopic (exact) mass is 293 g/mol. The molecule has 1 aliphatic rings. The van der Waals surface area contributed by atoms with Gasteiger partial charge in [-0.1, -0.05) is 6.07 Å². The molecule has 20 heavy (non-hydrogen) atoms. The lowest BCUT2D eigenvalue weighted by Crippen LogP contribution is -2.45.